The molecule has 37 heavy (non-hydrogen) atoms. The molecule has 6 heteroatoms. The highest BCUT2D eigenvalue weighted by atomic mass is 19.1. The normalized spacial score (nSPS) is 28.7. The van der Waals surface area contributed by atoms with Gasteiger partial charge in [-0.3, -0.25) is 19.6 Å². The summed E-state index contributed by atoms with van der Waals surface area (Å²) >= 11 is 0. The molecule has 1 aliphatic carbocycles. The summed E-state index contributed by atoms with van der Waals surface area (Å²) in [6.07, 6.45) is 16.2. The largest absolute Gasteiger partial charge is 0.368 e. The molecule has 0 aromatic rings. The van der Waals surface area contributed by atoms with Gasteiger partial charge in [-0.2, -0.15) is 0 Å². The van der Waals surface area contributed by atoms with Crippen molar-refractivity contribution >= 4 is 11.6 Å². The van der Waals surface area contributed by atoms with Gasteiger partial charge in [0.05, 0.1) is 11.4 Å². The van der Waals surface area contributed by atoms with Gasteiger partial charge in [0.25, 0.3) is 5.91 Å². The van der Waals surface area contributed by atoms with Crippen molar-refractivity contribution in [2.75, 3.05) is 26.2 Å². The first kappa shape index (κ1) is 25.7. The lowest BCUT2D eigenvalue weighted by molar-refractivity contribution is -0.122. The van der Waals surface area contributed by atoms with Gasteiger partial charge in [0.1, 0.15) is 5.83 Å². The van der Waals surface area contributed by atoms with E-state index in [1.807, 2.05) is 20.0 Å². The van der Waals surface area contributed by atoms with Crippen molar-refractivity contribution in [1.29, 1.82) is 0 Å². The van der Waals surface area contributed by atoms with Crippen molar-refractivity contribution in [3.63, 3.8) is 0 Å². The summed E-state index contributed by atoms with van der Waals surface area (Å²) in [5, 5.41) is 0. The Kier molecular flexibility index (Phi) is 7.21. The first-order valence-corrected chi connectivity index (χ1v) is 13.7. The van der Waals surface area contributed by atoms with Crippen LogP contribution < -0.4 is 0 Å². The average Bonchev–Trinajstić information content (AvgIpc) is 2.88. The number of hydrogen-bond donors (Lipinski definition) is 0. The Bertz CT molecular complexity index is 1220. The van der Waals surface area contributed by atoms with E-state index in [-0.39, 0.29) is 23.6 Å². The van der Waals surface area contributed by atoms with Gasteiger partial charge in [-0.15, -0.1) is 0 Å². The van der Waals surface area contributed by atoms with E-state index in [2.05, 4.69) is 59.9 Å². The molecule has 1 saturated heterocycles. The second kappa shape index (κ2) is 10.4. The van der Waals surface area contributed by atoms with E-state index >= 15 is 4.39 Å². The van der Waals surface area contributed by atoms with Crippen LogP contribution in [0.3, 0.4) is 0 Å². The molecule has 4 aliphatic heterocycles. The molecule has 0 radical (unpaired) electrons. The maximum absolute atomic E-state index is 15.4. The zero-order valence-corrected chi connectivity index (χ0v) is 22.8. The van der Waals surface area contributed by atoms with Crippen LogP contribution in [-0.4, -0.2) is 58.5 Å². The number of carbonyl (C=O) groups is 1. The SMILES string of the molecule is CC1=NC2=C(C)C(CC=C(/C3=C/C(=O)N4C=C(N5CCN(C(C)C)CC5)C=CC4=CCC3C)C=C2F)C1. The van der Waals surface area contributed by atoms with Gasteiger partial charge in [-0.05, 0) is 93.7 Å². The first-order valence-electron chi connectivity index (χ1n) is 13.7. The number of fused-ring (bicyclic) bond motifs is 2. The molecule has 5 nitrogen and oxygen atoms in total. The second-order valence-electron chi connectivity index (χ2n) is 11.2. The molecule has 1 amide bonds. The van der Waals surface area contributed by atoms with Crippen LogP contribution >= 0.6 is 0 Å². The van der Waals surface area contributed by atoms with Crippen LogP contribution in [-0.2, 0) is 4.79 Å². The predicted octanol–water partition coefficient (Wildman–Crippen LogP) is 6.04. The Labute approximate surface area is 220 Å². The monoisotopic (exact) mass is 502 g/mol. The van der Waals surface area contributed by atoms with Crippen molar-refractivity contribution < 1.29 is 9.18 Å². The third-order valence-corrected chi connectivity index (χ3v) is 8.40. The maximum atomic E-state index is 15.4. The highest BCUT2D eigenvalue weighted by Gasteiger charge is 2.28. The smallest absolute Gasteiger partial charge is 0.255 e. The van der Waals surface area contributed by atoms with Gasteiger partial charge >= 0.3 is 0 Å². The van der Waals surface area contributed by atoms with Crippen molar-refractivity contribution in [2.45, 2.75) is 59.9 Å². The topological polar surface area (TPSA) is 39.2 Å². The number of amides is 1. The van der Waals surface area contributed by atoms with Gasteiger partial charge in [0.2, 0.25) is 0 Å². The van der Waals surface area contributed by atoms with Crippen LogP contribution in [0.1, 0.15) is 53.9 Å². The molecule has 4 heterocycles. The second-order valence-corrected chi connectivity index (χ2v) is 11.2. The number of piperazine rings is 1. The molecule has 0 spiro atoms. The number of nitrogens with zero attached hydrogens (tertiary/aromatic N) is 4. The summed E-state index contributed by atoms with van der Waals surface area (Å²) in [6, 6.07) is 0.547. The Morgan fingerprint density at radius 2 is 1.73 bits per heavy atom. The highest BCUT2D eigenvalue weighted by molar-refractivity contribution is 5.92. The molecule has 1 fully saturated rings. The lowest BCUT2D eigenvalue weighted by atomic mass is 9.82. The van der Waals surface area contributed by atoms with E-state index in [0.29, 0.717) is 11.7 Å². The summed E-state index contributed by atoms with van der Waals surface area (Å²) in [6.45, 7) is 14.5. The molecule has 0 N–H and O–H groups in total. The fourth-order valence-electron chi connectivity index (χ4n) is 5.94. The van der Waals surface area contributed by atoms with E-state index in [0.717, 1.165) is 79.3 Å². The quantitative estimate of drug-likeness (QED) is 0.472. The van der Waals surface area contributed by atoms with E-state index < -0.39 is 0 Å². The summed E-state index contributed by atoms with van der Waals surface area (Å²) in [5.41, 5.74) is 6.14. The molecule has 2 atom stereocenters. The van der Waals surface area contributed by atoms with E-state index in [1.54, 1.807) is 17.1 Å². The summed E-state index contributed by atoms with van der Waals surface area (Å²) in [7, 11) is 0. The minimum atomic E-state index is -0.310. The minimum absolute atomic E-state index is 0.0864. The molecule has 0 aromatic heterocycles. The minimum Gasteiger partial charge on any atom is -0.368 e. The zero-order chi connectivity index (χ0) is 26.3. The standard InChI is InChI=1S/C31H39FN4O/c1-20(2)34-12-14-35(15-13-34)27-11-10-26-9-6-21(3)28(18-30(37)36(26)19-27)25-8-7-24-16-22(4)33-31(23(24)5)29(32)17-25/h8-11,17-21,24H,6-7,12-16H2,1-5H3/b25-8?,26-9?,28-18+,29-17?. The molecule has 196 valence electrons. The summed E-state index contributed by atoms with van der Waals surface area (Å²) in [4.78, 5) is 24.8. The third kappa shape index (κ3) is 5.22. The Hall–Kier alpha value is -2.99. The van der Waals surface area contributed by atoms with Crippen LogP contribution in [0.4, 0.5) is 4.39 Å². The van der Waals surface area contributed by atoms with Crippen LogP contribution in [0.2, 0.25) is 0 Å². The molecule has 5 rings (SSSR count). The fraction of sp³-hybridized carbons (Fsp3) is 0.484. The van der Waals surface area contributed by atoms with Gasteiger partial charge in [0.15, 0.2) is 0 Å². The van der Waals surface area contributed by atoms with Gasteiger partial charge in [-0.1, -0.05) is 19.1 Å². The number of rotatable bonds is 3. The maximum Gasteiger partial charge on any atom is 0.255 e. The molecular formula is C31H39FN4O. The number of allylic oxidation sites excluding steroid dienone is 9. The molecule has 0 aromatic carbocycles. The molecular weight excluding hydrogens is 463 g/mol. The zero-order valence-electron chi connectivity index (χ0n) is 22.8. The average molecular weight is 503 g/mol. The van der Waals surface area contributed by atoms with E-state index in [1.165, 1.54) is 0 Å². The number of hydrogen-bond acceptors (Lipinski definition) is 4. The Morgan fingerprint density at radius 1 is 1.00 bits per heavy atom. The summed E-state index contributed by atoms with van der Waals surface area (Å²) in [5.74, 6) is -0.0504. The lowest BCUT2D eigenvalue weighted by Gasteiger charge is -2.40. The van der Waals surface area contributed by atoms with Crippen molar-refractivity contribution in [3.8, 4) is 0 Å². The third-order valence-electron chi connectivity index (χ3n) is 8.40. The van der Waals surface area contributed by atoms with Crippen molar-refractivity contribution in [3.05, 3.63) is 82.3 Å². The summed E-state index contributed by atoms with van der Waals surface area (Å²) < 4.78 is 15.4. The van der Waals surface area contributed by atoms with Crippen LogP contribution in [0.25, 0.3) is 0 Å². The molecule has 2 unspecified atom stereocenters. The van der Waals surface area contributed by atoms with Crippen LogP contribution in [0, 0.1) is 11.8 Å². The van der Waals surface area contributed by atoms with Crippen molar-refractivity contribution in [2.24, 2.45) is 16.8 Å². The molecule has 0 saturated carbocycles. The number of carbonyl (C=O) groups excluding carboxylic acids is 1. The highest BCUT2D eigenvalue weighted by Crippen LogP contribution is 2.38. The predicted molar refractivity (Wildman–Crippen MR) is 148 cm³/mol. The molecule has 5 aliphatic rings. The fourth-order valence-corrected chi connectivity index (χ4v) is 5.94. The van der Waals surface area contributed by atoms with Gasteiger partial charge < -0.3 is 4.90 Å². The first-order chi connectivity index (χ1) is 17.7. The van der Waals surface area contributed by atoms with E-state index in [4.69, 9.17) is 0 Å². The van der Waals surface area contributed by atoms with Gasteiger partial charge in [-0.25, -0.2) is 4.39 Å². The van der Waals surface area contributed by atoms with Crippen molar-refractivity contribution in [1.82, 2.24) is 14.7 Å². The van der Waals surface area contributed by atoms with Crippen LogP contribution in [0.5, 0.6) is 0 Å². The van der Waals surface area contributed by atoms with Crippen LogP contribution in [0.15, 0.2) is 87.3 Å². The Balaban J connectivity index is 1.42. The number of halogens is 1. The molecule has 2 bridgehead atoms. The number of aliphatic imine (C=N–C) groups is 1. The Morgan fingerprint density at radius 3 is 2.46 bits per heavy atom. The lowest BCUT2D eigenvalue weighted by Crippen LogP contribution is -2.48. The van der Waals surface area contributed by atoms with E-state index in [9.17, 15) is 4.79 Å². The van der Waals surface area contributed by atoms with Gasteiger partial charge in [0, 0.05) is 55.9 Å².